The standard InChI is InChI=1S/C20H34N4O/c1-16-6-7-18(19(14-16)23(3)4)15-22-20(21-2)24(5)11-8-17-9-12-25-13-10-17/h6-7,14,17H,8-13,15H2,1-5H3,(H,21,22). The molecule has 5 nitrogen and oxygen atoms in total. The molecule has 0 atom stereocenters. The topological polar surface area (TPSA) is 40.1 Å². The molecule has 1 saturated heterocycles. The van der Waals surface area contributed by atoms with Gasteiger partial charge in [0.1, 0.15) is 0 Å². The van der Waals surface area contributed by atoms with Crippen LogP contribution in [0.4, 0.5) is 5.69 Å². The summed E-state index contributed by atoms with van der Waals surface area (Å²) in [6.07, 6.45) is 3.58. The Morgan fingerprint density at radius 2 is 1.96 bits per heavy atom. The maximum Gasteiger partial charge on any atom is 0.193 e. The largest absolute Gasteiger partial charge is 0.381 e. The predicted octanol–water partition coefficient (Wildman–Crippen LogP) is 2.88. The van der Waals surface area contributed by atoms with E-state index in [9.17, 15) is 0 Å². The first-order valence-corrected chi connectivity index (χ1v) is 9.27. The Kier molecular flexibility index (Phi) is 7.56. The molecule has 1 N–H and O–H groups in total. The molecule has 0 aromatic heterocycles. The van der Waals surface area contributed by atoms with Gasteiger partial charge in [-0.05, 0) is 49.3 Å². The van der Waals surface area contributed by atoms with Gasteiger partial charge in [0.25, 0.3) is 0 Å². The normalized spacial score (nSPS) is 16.0. The highest BCUT2D eigenvalue weighted by molar-refractivity contribution is 5.79. The second-order valence-electron chi connectivity index (χ2n) is 7.19. The van der Waals surface area contributed by atoms with Crippen LogP contribution in [-0.2, 0) is 11.3 Å². The fourth-order valence-electron chi connectivity index (χ4n) is 3.32. The molecule has 5 heteroatoms. The number of rotatable bonds is 6. The van der Waals surface area contributed by atoms with Gasteiger partial charge >= 0.3 is 0 Å². The molecule has 1 aliphatic heterocycles. The lowest BCUT2D eigenvalue weighted by Crippen LogP contribution is -2.39. The highest BCUT2D eigenvalue weighted by atomic mass is 16.5. The summed E-state index contributed by atoms with van der Waals surface area (Å²) in [5, 5.41) is 3.51. The van der Waals surface area contributed by atoms with Gasteiger partial charge in [0, 0.05) is 60.2 Å². The van der Waals surface area contributed by atoms with Gasteiger partial charge in [-0.3, -0.25) is 4.99 Å². The zero-order valence-electron chi connectivity index (χ0n) is 16.5. The zero-order valence-corrected chi connectivity index (χ0v) is 16.5. The van der Waals surface area contributed by atoms with Gasteiger partial charge in [0.05, 0.1) is 0 Å². The maximum atomic E-state index is 5.45. The van der Waals surface area contributed by atoms with E-state index in [4.69, 9.17) is 4.74 Å². The second kappa shape index (κ2) is 9.66. The minimum Gasteiger partial charge on any atom is -0.381 e. The summed E-state index contributed by atoms with van der Waals surface area (Å²) in [4.78, 5) is 8.86. The molecular formula is C20H34N4O. The summed E-state index contributed by atoms with van der Waals surface area (Å²) in [6.45, 7) is 5.78. The number of benzene rings is 1. The van der Waals surface area contributed by atoms with Crippen LogP contribution in [0.2, 0.25) is 0 Å². The van der Waals surface area contributed by atoms with Crippen molar-refractivity contribution in [3.05, 3.63) is 29.3 Å². The fourth-order valence-corrected chi connectivity index (χ4v) is 3.32. The Hall–Kier alpha value is -1.75. The number of nitrogens with one attached hydrogen (secondary N) is 1. The summed E-state index contributed by atoms with van der Waals surface area (Å²) in [5.41, 5.74) is 3.83. The Morgan fingerprint density at radius 1 is 1.24 bits per heavy atom. The van der Waals surface area contributed by atoms with Crippen LogP contribution < -0.4 is 10.2 Å². The quantitative estimate of drug-likeness (QED) is 0.635. The van der Waals surface area contributed by atoms with E-state index < -0.39 is 0 Å². The lowest BCUT2D eigenvalue weighted by atomic mass is 9.96. The van der Waals surface area contributed by atoms with E-state index in [1.807, 2.05) is 7.05 Å². The number of anilines is 1. The molecular weight excluding hydrogens is 312 g/mol. The zero-order chi connectivity index (χ0) is 18.2. The van der Waals surface area contributed by atoms with Gasteiger partial charge in [-0.1, -0.05) is 12.1 Å². The van der Waals surface area contributed by atoms with E-state index in [-0.39, 0.29) is 0 Å². The monoisotopic (exact) mass is 346 g/mol. The molecule has 0 bridgehead atoms. The number of hydrogen-bond donors (Lipinski definition) is 1. The molecule has 0 radical (unpaired) electrons. The summed E-state index contributed by atoms with van der Waals surface area (Å²) in [5.74, 6) is 1.74. The lowest BCUT2D eigenvalue weighted by Gasteiger charge is -2.27. The van der Waals surface area contributed by atoms with Crippen molar-refractivity contribution in [1.29, 1.82) is 0 Å². The summed E-state index contributed by atoms with van der Waals surface area (Å²) in [6, 6.07) is 6.60. The molecule has 1 aromatic rings. The van der Waals surface area contributed by atoms with Gasteiger partial charge in [-0.15, -0.1) is 0 Å². The Balaban J connectivity index is 1.89. The van der Waals surface area contributed by atoms with Gasteiger partial charge in [0.2, 0.25) is 0 Å². The minimum atomic E-state index is 0.780. The van der Waals surface area contributed by atoms with E-state index in [0.717, 1.165) is 38.2 Å². The number of ether oxygens (including phenoxy) is 1. The first-order chi connectivity index (χ1) is 12.0. The molecule has 1 fully saturated rings. The third kappa shape index (κ3) is 5.92. The molecule has 1 heterocycles. The first-order valence-electron chi connectivity index (χ1n) is 9.27. The molecule has 25 heavy (non-hydrogen) atoms. The van der Waals surface area contributed by atoms with Crippen LogP contribution in [0.3, 0.4) is 0 Å². The van der Waals surface area contributed by atoms with E-state index >= 15 is 0 Å². The van der Waals surface area contributed by atoms with Crippen LogP contribution in [0.15, 0.2) is 23.2 Å². The van der Waals surface area contributed by atoms with E-state index in [1.165, 1.54) is 36.1 Å². The Morgan fingerprint density at radius 3 is 2.60 bits per heavy atom. The van der Waals surface area contributed by atoms with Crippen LogP contribution in [-0.4, -0.2) is 58.8 Å². The van der Waals surface area contributed by atoms with Crippen molar-refractivity contribution >= 4 is 11.6 Å². The van der Waals surface area contributed by atoms with Gasteiger partial charge in [0.15, 0.2) is 5.96 Å². The molecule has 0 unspecified atom stereocenters. The molecule has 0 aliphatic carbocycles. The molecule has 0 spiro atoms. The molecule has 0 amide bonds. The van der Waals surface area contributed by atoms with Gasteiger partial charge in [-0.25, -0.2) is 0 Å². The molecule has 2 rings (SSSR count). The van der Waals surface area contributed by atoms with E-state index in [1.54, 1.807) is 0 Å². The van der Waals surface area contributed by atoms with Gasteiger partial charge < -0.3 is 19.9 Å². The lowest BCUT2D eigenvalue weighted by molar-refractivity contribution is 0.0625. The molecule has 0 saturated carbocycles. The average molecular weight is 347 g/mol. The molecule has 1 aliphatic rings. The third-order valence-electron chi connectivity index (χ3n) is 4.95. The maximum absolute atomic E-state index is 5.45. The number of aliphatic imine (C=N–C) groups is 1. The number of aryl methyl sites for hydroxylation is 1. The van der Waals surface area contributed by atoms with E-state index in [2.05, 4.69) is 66.4 Å². The number of nitrogens with zero attached hydrogens (tertiary/aromatic N) is 3. The predicted molar refractivity (Wildman–Crippen MR) is 106 cm³/mol. The van der Waals surface area contributed by atoms with Crippen molar-refractivity contribution < 1.29 is 4.74 Å². The minimum absolute atomic E-state index is 0.780. The fraction of sp³-hybridized carbons (Fsp3) is 0.650. The average Bonchev–Trinajstić information content (AvgIpc) is 2.62. The van der Waals surface area contributed by atoms with Crippen molar-refractivity contribution in [3.8, 4) is 0 Å². The van der Waals surface area contributed by atoms with Crippen LogP contribution in [0.5, 0.6) is 0 Å². The Bertz CT molecular complexity index is 565. The van der Waals surface area contributed by atoms with Crippen molar-refractivity contribution in [2.45, 2.75) is 32.7 Å². The van der Waals surface area contributed by atoms with Gasteiger partial charge in [-0.2, -0.15) is 0 Å². The SMILES string of the molecule is CN=C(NCc1ccc(C)cc1N(C)C)N(C)CCC1CCOCC1. The number of hydrogen-bond acceptors (Lipinski definition) is 3. The van der Waals surface area contributed by atoms with Crippen molar-refractivity contribution in [1.82, 2.24) is 10.2 Å². The number of guanidine groups is 1. The highest BCUT2D eigenvalue weighted by Gasteiger charge is 2.15. The summed E-state index contributed by atoms with van der Waals surface area (Å²) >= 11 is 0. The second-order valence-corrected chi connectivity index (χ2v) is 7.19. The Labute approximate surface area is 153 Å². The first kappa shape index (κ1) is 19.6. The van der Waals surface area contributed by atoms with Crippen molar-refractivity contribution in [3.63, 3.8) is 0 Å². The third-order valence-corrected chi connectivity index (χ3v) is 4.95. The van der Waals surface area contributed by atoms with E-state index in [0.29, 0.717) is 0 Å². The van der Waals surface area contributed by atoms with Crippen LogP contribution in [0.1, 0.15) is 30.4 Å². The summed E-state index contributed by atoms with van der Waals surface area (Å²) < 4.78 is 5.45. The smallest absolute Gasteiger partial charge is 0.193 e. The highest BCUT2D eigenvalue weighted by Crippen LogP contribution is 2.21. The molecule has 1 aromatic carbocycles. The van der Waals surface area contributed by atoms with Crippen LogP contribution in [0.25, 0.3) is 0 Å². The summed E-state index contributed by atoms with van der Waals surface area (Å²) in [7, 11) is 8.16. The van der Waals surface area contributed by atoms with Crippen molar-refractivity contribution in [2.24, 2.45) is 10.9 Å². The molecule has 140 valence electrons. The van der Waals surface area contributed by atoms with Crippen LogP contribution >= 0.6 is 0 Å². The van der Waals surface area contributed by atoms with Crippen LogP contribution in [0, 0.1) is 12.8 Å². The van der Waals surface area contributed by atoms with Crippen molar-refractivity contribution in [2.75, 3.05) is 52.8 Å².